The first-order chi connectivity index (χ1) is 18.4. The summed E-state index contributed by atoms with van der Waals surface area (Å²) in [5.74, 6) is -0.957. The molecule has 0 aromatic heterocycles. The number of benzene rings is 3. The minimum Gasteiger partial charge on any atom is -0.384 e. The van der Waals surface area contributed by atoms with Crippen LogP contribution in [0, 0.1) is 11.3 Å². The Hall–Kier alpha value is -3.48. The highest BCUT2D eigenvalue weighted by atomic mass is 35.5. The number of nitrogens with zero attached hydrogens (tertiary/aromatic N) is 1. The van der Waals surface area contributed by atoms with E-state index in [-0.39, 0.29) is 17.6 Å². The lowest BCUT2D eigenvalue weighted by Crippen LogP contribution is -2.60. The average Bonchev–Trinajstić information content (AvgIpc) is 2.93. The van der Waals surface area contributed by atoms with E-state index in [2.05, 4.69) is 5.32 Å². The standard InChI is InChI=1S/C32H35ClN2O4/c1-21(2)27(34-29(37)24-12-8-11-23(19-24)28(36)22-9-6-5-7-10-22)30(38)35-18-17-32(39,31(3,4)20-35)25-13-15-26(33)16-14-25/h5-16,19,21,27,39H,17-18,20H2,1-4H3,(H,34,37)/t27-,32+/m1/s1. The first kappa shape index (κ1) is 28.5. The van der Waals surface area contributed by atoms with Crippen molar-refractivity contribution in [3.8, 4) is 0 Å². The van der Waals surface area contributed by atoms with E-state index in [4.69, 9.17) is 11.6 Å². The maximum absolute atomic E-state index is 13.7. The predicted octanol–water partition coefficient (Wildman–Crippen LogP) is 5.47. The number of ketones is 1. The van der Waals surface area contributed by atoms with Gasteiger partial charge < -0.3 is 15.3 Å². The van der Waals surface area contributed by atoms with Crippen LogP contribution in [-0.4, -0.2) is 46.7 Å². The summed E-state index contributed by atoms with van der Waals surface area (Å²) < 4.78 is 0. The molecule has 3 aromatic carbocycles. The van der Waals surface area contributed by atoms with Gasteiger partial charge in [-0.1, -0.05) is 93.9 Å². The summed E-state index contributed by atoms with van der Waals surface area (Å²) in [5.41, 5.74) is 0.245. The van der Waals surface area contributed by atoms with Gasteiger partial charge in [-0.25, -0.2) is 0 Å². The number of halogens is 1. The minimum atomic E-state index is -1.13. The Morgan fingerprint density at radius 3 is 2.13 bits per heavy atom. The van der Waals surface area contributed by atoms with Crippen molar-refractivity contribution in [2.24, 2.45) is 11.3 Å². The summed E-state index contributed by atoms with van der Waals surface area (Å²) in [6.07, 6.45) is 0.357. The molecular weight excluding hydrogens is 512 g/mol. The van der Waals surface area contributed by atoms with E-state index in [1.54, 1.807) is 65.6 Å². The van der Waals surface area contributed by atoms with E-state index in [9.17, 15) is 19.5 Å². The monoisotopic (exact) mass is 546 g/mol. The number of rotatable bonds is 7. The lowest BCUT2D eigenvalue weighted by Gasteiger charge is -2.51. The first-order valence-electron chi connectivity index (χ1n) is 13.2. The summed E-state index contributed by atoms with van der Waals surface area (Å²) in [6.45, 7) is 8.33. The maximum Gasteiger partial charge on any atom is 0.251 e. The van der Waals surface area contributed by atoms with E-state index in [1.807, 2.05) is 45.9 Å². The Morgan fingerprint density at radius 1 is 0.897 bits per heavy atom. The highest BCUT2D eigenvalue weighted by Gasteiger charge is 2.50. The minimum absolute atomic E-state index is 0.171. The quantitative estimate of drug-likeness (QED) is 0.385. The molecule has 1 saturated heterocycles. The number of carbonyl (C=O) groups excluding carboxylic acids is 3. The van der Waals surface area contributed by atoms with Crippen LogP contribution < -0.4 is 5.32 Å². The number of likely N-dealkylation sites (tertiary alicyclic amines) is 1. The average molecular weight is 547 g/mol. The fourth-order valence-electron chi connectivity index (χ4n) is 5.26. The molecule has 0 bridgehead atoms. The van der Waals surface area contributed by atoms with Crippen molar-refractivity contribution in [2.45, 2.75) is 45.8 Å². The number of carbonyl (C=O) groups is 3. The molecule has 0 aliphatic carbocycles. The second-order valence-corrected chi connectivity index (χ2v) is 11.7. The van der Waals surface area contributed by atoms with Crippen LogP contribution in [0.2, 0.25) is 5.02 Å². The Morgan fingerprint density at radius 2 is 1.51 bits per heavy atom. The number of piperidine rings is 1. The lowest BCUT2D eigenvalue weighted by molar-refractivity contribution is -0.155. The zero-order chi connectivity index (χ0) is 28.4. The van der Waals surface area contributed by atoms with Crippen LogP contribution >= 0.6 is 11.6 Å². The number of nitrogens with one attached hydrogen (secondary N) is 1. The molecule has 2 atom stereocenters. The zero-order valence-corrected chi connectivity index (χ0v) is 23.5. The largest absolute Gasteiger partial charge is 0.384 e. The molecule has 2 N–H and O–H groups in total. The van der Waals surface area contributed by atoms with Crippen LogP contribution in [0.5, 0.6) is 0 Å². The summed E-state index contributed by atoms with van der Waals surface area (Å²) >= 11 is 6.05. The molecule has 2 amide bonds. The van der Waals surface area contributed by atoms with Gasteiger partial charge in [0.25, 0.3) is 5.91 Å². The Labute approximate surface area is 235 Å². The summed E-state index contributed by atoms with van der Waals surface area (Å²) in [6, 6.07) is 21.8. The van der Waals surface area contributed by atoms with Gasteiger partial charge in [0.15, 0.2) is 5.78 Å². The summed E-state index contributed by atoms with van der Waals surface area (Å²) in [4.78, 5) is 41.6. The van der Waals surface area contributed by atoms with Gasteiger partial charge in [-0.3, -0.25) is 14.4 Å². The molecule has 1 aliphatic heterocycles. The predicted molar refractivity (Wildman–Crippen MR) is 153 cm³/mol. The van der Waals surface area contributed by atoms with Gasteiger partial charge in [0.2, 0.25) is 5.91 Å². The van der Waals surface area contributed by atoms with Gasteiger partial charge in [0.1, 0.15) is 6.04 Å². The Kier molecular flexibility index (Phi) is 8.28. The van der Waals surface area contributed by atoms with Crippen LogP contribution in [-0.2, 0) is 10.4 Å². The first-order valence-corrected chi connectivity index (χ1v) is 13.6. The van der Waals surface area contributed by atoms with E-state index >= 15 is 0 Å². The van der Waals surface area contributed by atoms with Crippen molar-refractivity contribution >= 4 is 29.2 Å². The number of aliphatic hydroxyl groups is 1. The molecule has 204 valence electrons. The second kappa shape index (κ2) is 11.3. The van der Waals surface area contributed by atoms with Crippen molar-refractivity contribution in [1.29, 1.82) is 0 Å². The molecule has 0 unspecified atom stereocenters. The van der Waals surface area contributed by atoms with Gasteiger partial charge in [0.05, 0.1) is 5.60 Å². The third-order valence-corrected chi connectivity index (χ3v) is 7.98. The normalized spacial score (nSPS) is 19.4. The van der Waals surface area contributed by atoms with Gasteiger partial charge >= 0.3 is 0 Å². The third-order valence-electron chi connectivity index (χ3n) is 7.72. The van der Waals surface area contributed by atoms with Crippen LogP contribution in [0.15, 0.2) is 78.9 Å². The molecule has 6 nitrogen and oxygen atoms in total. The zero-order valence-electron chi connectivity index (χ0n) is 22.8. The molecule has 0 saturated carbocycles. The molecule has 4 rings (SSSR count). The van der Waals surface area contributed by atoms with Gasteiger partial charge in [-0.2, -0.15) is 0 Å². The molecule has 3 aromatic rings. The summed E-state index contributed by atoms with van der Waals surface area (Å²) in [5, 5.41) is 15.2. The van der Waals surface area contributed by atoms with Crippen LogP contribution in [0.1, 0.15) is 66.0 Å². The fourth-order valence-corrected chi connectivity index (χ4v) is 5.39. The summed E-state index contributed by atoms with van der Waals surface area (Å²) in [7, 11) is 0. The highest BCUT2D eigenvalue weighted by molar-refractivity contribution is 6.30. The Balaban J connectivity index is 1.49. The van der Waals surface area contributed by atoms with Gasteiger partial charge in [-0.15, -0.1) is 0 Å². The van der Waals surface area contributed by atoms with Crippen molar-refractivity contribution in [1.82, 2.24) is 10.2 Å². The van der Waals surface area contributed by atoms with Gasteiger partial charge in [0, 0.05) is 40.2 Å². The maximum atomic E-state index is 13.7. The van der Waals surface area contributed by atoms with E-state index in [0.29, 0.717) is 41.2 Å². The molecule has 1 heterocycles. The highest BCUT2D eigenvalue weighted by Crippen LogP contribution is 2.46. The van der Waals surface area contributed by atoms with E-state index in [0.717, 1.165) is 5.56 Å². The topological polar surface area (TPSA) is 86.7 Å². The van der Waals surface area contributed by atoms with Crippen LogP contribution in [0.4, 0.5) is 0 Å². The van der Waals surface area contributed by atoms with Crippen molar-refractivity contribution < 1.29 is 19.5 Å². The molecule has 39 heavy (non-hydrogen) atoms. The van der Waals surface area contributed by atoms with Crippen molar-refractivity contribution in [2.75, 3.05) is 13.1 Å². The van der Waals surface area contributed by atoms with E-state index in [1.165, 1.54) is 0 Å². The SMILES string of the molecule is CC(C)[C@@H](NC(=O)c1cccc(C(=O)c2ccccc2)c1)C(=O)N1CC[C@](O)(c2ccc(Cl)cc2)C(C)(C)C1. The van der Waals surface area contributed by atoms with Crippen LogP contribution in [0.25, 0.3) is 0 Å². The molecule has 1 aliphatic rings. The van der Waals surface area contributed by atoms with Crippen molar-refractivity contribution in [3.05, 3.63) is 106 Å². The molecule has 1 fully saturated rings. The number of amides is 2. The van der Waals surface area contributed by atoms with E-state index < -0.39 is 23.0 Å². The Bertz CT molecular complexity index is 1350. The van der Waals surface area contributed by atoms with Crippen molar-refractivity contribution in [3.63, 3.8) is 0 Å². The third kappa shape index (κ3) is 5.92. The molecule has 0 radical (unpaired) electrons. The molecule has 0 spiro atoms. The van der Waals surface area contributed by atoms with Crippen LogP contribution in [0.3, 0.4) is 0 Å². The molecule has 7 heteroatoms. The number of hydrogen-bond acceptors (Lipinski definition) is 4. The second-order valence-electron chi connectivity index (χ2n) is 11.2. The number of hydrogen-bond donors (Lipinski definition) is 2. The molecular formula is C32H35ClN2O4. The lowest BCUT2D eigenvalue weighted by atomic mass is 9.66. The van der Waals surface area contributed by atoms with Gasteiger partial charge in [-0.05, 0) is 42.2 Å². The smallest absolute Gasteiger partial charge is 0.251 e. The fraction of sp³-hybridized carbons (Fsp3) is 0.344.